The average Bonchev–Trinajstić information content (AvgIpc) is 2.69. The van der Waals surface area contributed by atoms with E-state index in [1.165, 1.54) is 12.8 Å². The number of nitrogens with zero attached hydrogens (tertiary/aromatic N) is 1. The second kappa shape index (κ2) is 4.39. The van der Waals surface area contributed by atoms with Crippen molar-refractivity contribution in [1.82, 2.24) is 15.8 Å². The van der Waals surface area contributed by atoms with Gasteiger partial charge in [-0.2, -0.15) is 0 Å². The molecule has 1 aromatic rings. The quantitative estimate of drug-likeness (QED) is 0.713. The summed E-state index contributed by atoms with van der Waals surface area (Å²) in [6, 6.07) is 2.47. The third-order valence-electron chi connectivity index (χ3n) is 2.35. The first-order valence-corrected chi connectivity index (χ1v) is 4.79. The van der Waals surface area contributed by atoms with Crippen LogP contribution in [0, 0.1) is 0 Å². The molecular formula is C9H15N3O. The van der Waals surface area contributed by atoms with Crippen LogP contribution in [0.25, 0.3) is 0 Å². The molecule has 1 unspecified atom stereocenters. The molecule has 0 aliphatic carbocycles. The maximum absolute atomic E-state index is 4.99. The molecule has 2 heterocycles. The Kier molecular flexibility index (Phi) is 2.94. The van der Waals surface area contributed by atoms with Crippen molar-refractivity contribution in [3.63, 3.8) is 0 Å². The van der Waals surface area contributed by atoms with Gasteiger partial charge in [0.15, 0.2) is 0 Å². The first kappa shape index (κ1) is 8.72. The second-order valence-electron chi connectivity index (χ2n) is 3.40. The van der Waals surface area contributed by atoms with Crippen LogP contribution in [-0.4, -0.2) is 24.3 Å². The smallest absolute Gasteiger partial charge is 0.150 e. The Hall–Kier alpha value is -0.870. The Morgan fingerprint density at radius 3 is 3.38 bits per heavy atom. The molecule has 4 heteroatoms. The van der Waals surface area contributed by atoms with Gasteiger partial charge in [-0.15, -0.1) is 0 Å². The van der Waals surface area contributed by atoms with Gasteiger partial charge in [0, 0.05) is 18.7 Å². The van der Waals surface area contributed by atoms with Crippen LogP contribution in [-0.2, 0) is 6.54 Å². The van der Waals surface area contributed by atoms with Crippen LogP contribution in [0.4, 0.5) is 0 Å². The Labute approximate surface area is 77.7 Å². The molecule has 1 atom stereocenters. The van der Waals surface area contributed by atoms with Gasteiger partial charge in [-0.3, -0.25) is 0 Å². The van der Waals surface area contributed by atoms with Crippen molar-refractivity contribution in [2.45, 2.75) is 25.4 Å². The number of aromatic nitrogens is 1. The van der Waals surface area contributed by atoms with E-state index < -0.39 is 0 Å². The van der Waals surface area contributed by atoms with E-state index in [1.54, 1.807) is 6.20 Å². The molecule has 1 aromatic heterocycles. The Morgan fingerprint density at radius 1 is 1.69 bits per heavy atom. The van der Waals surface area contributed by atoms with E-state index in [0.29, 0.717) is 6.04 Å². The minimum Gasteiger partial charge on any atom is -0.360 e. The van der Waals surface area contributed by atoms with E-state index >= 15 is 0 Å². The predicted octanol–water partition coefficient (Wildman–Crippen LogP) is 0.516. The van der Waals surface area contributed by atoms with E-state index in [4.69, 9.17) is 4.52 Å². The Bertz CT molecular complexity index is 229. The van der Waals surface area contributed by atoms with Crippen molar-refractivity contribution in [3.05, 3.63) is 18.0 Å². The highest BCUT2D eigenvalue weighted by Crippen LogP contribution is 2.03. The second-order valence-corrected chi connectivity index (χ2v) is 3.40. The van der Waals surface area contributed by atoms with Gasteiger partial charge in [0.05, 0.1) is 12.7 Å². The van der Waals surface area contributed by atoms with Crippen molar-refractivity contribution >= 4 is 0 Å². The highest BCUT2D eigenvalue weighted by Gasteiger charge is 2.12. The summed E-state index contributed by atoms with van der Waals surface area (Å²) >= 11 is 0. The summed E-state index contributed by atoms with van der Waals surface area (Å²) in [6.07, 6.45) is 4.19. The molecule has 72 valence electrons. The Balaban J connectivity index is 1.72. The van der Waals surface area contributed by atoms with Gasteiger partial charge in [0.25, 0.3) is 0 Å². The van der Waals surface area contributed by atoms with Gasteiger partial charge >= 0.3 is 0 Å². The molecule has 0 aromatic carbocycles. The minimum absolute atomic E-state index is 0.582. The average molecular weight is 181 g/mol. The van der Waals surface area contributed by atoms with Crippen LogP contribution in [0.15, 0.2) is 16.8 Å². The molecule has 13 heavy (non-hydrogen) atoms. The molecule has 0 spiro atoms. The molecule has 1 aliphatic heterocycles. The van der Waals surface area contributed by atoms with E-state index in [9.17, 15) is 0 Å². The van der Waals surface area contributed by atoms with E-state index in [2.05, 4.69) is 15.8 Å². The van der Waals surface area contributed by atoms with Crippen LogP contribution in [0.3, 0.4) is 0 Å². The molecule has 4 nitrogen and oxygen atoms in total. The summed E-state index contributed by atoms with van der Waals surface area (Å²) in [5, 5.41) is 10.4. The van der Waals surface area contributed by atoms with Gasteiger partial charge in [-0.05, 0) is 19.4 Å². The largest absolute Gasteiger partial charge is 0.360 e. The fourth-order valence-electron chi connectivity index (χ4n) is 1.60. The van der Waals surface area contributed by atoms with Gasteiger partial charge in [0.2, 0.25) is 0 Å². The molecule has 1 saturated heterocycles. The summed E-state index contributed by atoms with van der Waals surface area (Å²) in [6.45, 7) is 3.00. The normalized spacial score (nSPS) is 23.2. The fraction of sp³-hybridized carbons (Fsp3) is 0.667. The monoisotopic (exact) mass is 181 g/mol. The predicted molar refractivity (Wildman–Crippen MR) is 49.2 cm³/mol. The van der Waals surface area contributed by atoms with E-state index in [1.807, 2.05) is 6.07 Å². The molecule has 0 bridgehead atoms. The molecule has 0 radical (unpaired) electrons. The van der Waals surface area contributed by atoms with Gasteiger partial charge in [0.1, 0.15) is 5.76 Å². The van der Waals surface area contributed by atoms with Crippen molar-refractivity contribution in [1.29, 1.82) is 0 Å². The van der Waals surface area contributed by atoms with Crippen LogP contribution in [0.1, 0.15) is 18.6 Å². The van der Waals surface area contributed by atoms with Gasteiger partial charge in [-0.25, -0.2) is 0 Å². The first-order chi connectivity index (χ1) is 6.45. The van der Waals surface area contributed by atoms with Crippen LogP contribution < -0.4 is 10.6 Å². The Morgan fingerprint density at radius 2 is 2.69 bits per heavy atom. The fourth-order valence-corrected chi connectivity index (χ4v) is 1.60. The molecule has 1 fully saturated rings. The van der Waals surface area contributed by atoms with E-state index in [0.717, 1.165) is 25.4 Å². The lowest BCUT2D eigenvalue weighted by molar-refractivity contribution is 0.339. The van der Waals surface area contributed by atoms with E-state index in [-0.39, 0.29) is 0 Å². The van der Waals surface area contributed by atoms with Gasteiger partial charge < -0.3 is 15.2 Å². The topological polar surface area (TPSA) is 50.1 Å². The van der Waals surface area contributed by atoms with Gasteiger partial charge in [-0.1, -0.05) is 5.16 Å². The highest BCUT2D eigenvalue weighted by molar-refractivity contribution is 4.92. The summed E-state index contributed by atoms with van der Waals surface area (Å²) in [5.74, 6) is 0.908. The number of nitrogens with one attached hydrogen (secondary N) is 2. The molecule has 0 saturated carbocycles. The number of piperidine rings is 1. The molecule has 2 N–H and O–H groups in total. The van der Waals surface area contributed by atoms with Crippen molar-refractivity contribution < 1.29 is 4.52 Å². The lowest BCUT2D eigenvalue weighted by atomic mass is 10.1. The lowest BCUT2D eigenvalue weighted by Gasteiger charge is -2.23. The summed E-state index contributed by atoms with van der Waals surface area (Å²) in [4.78, 5) is 0. The van der Waals surface area contributed by atoms with Crippen molar-refractivity contribution in [3.8, 4) is 0 Å². The van der Waals surface area contributed by atoms with Crippen LogP contribution in [0.5, 0.6) is 0 Å². The summed E-state index contributed by atoms with van der Waals surface area (Å²) < 4.78 is 4.99. The lowest BCUT2D eigenvalue weighted by Crippen LogP contribution is -2.42. The molecular weight excluding hydrogens is 166 g/mol. The summed E-state index contributed by atoms with van der Waals surface area (Å²) in [5.41, 5.74) is 0. The van der Waals surface area contributed by atoms with Crippen molar-refractivity contribution in [2.24, 2.45) is 0 Å². The third-order valence-corrected chi connectivity index (χ3v) is 2.35. The standard InChI is InChI=1S/C9H15N3O/c1-2-8(6-10-4-1)11-7-9-3-5-12-13-9/h3,5,8,10-11H,1-2,4,6-7H2. The van der Waals surface area contributed by atoms with Crippen LogP contribution in [0.2, 0.25) is 0 Å². The van der Waals surface area contributed by atoms with Crippen LogP contribution >= 0.6 is 0 Å². The zero-order valence-electron chi connectivity index (χ0n) is 7.62. The summed E-state index contributed by atoms with van der Waals surface area (Å²) in [7, 11) is 0. The number of hydrogen-bond acceptors (Lipinski definition) is 4. The maximum Gasteiger partial charge on any atom is 0.150 e. The zero-order valence-corrected chi connectivity index (χ0v) is 7.62. The molecule has 2 rings (SSSR count). The maximum atomic E-state index is 4.99. The SMILES string of the molecule is c1cc(CNC2CCCNC2)on1. The highest BCUT2D eigenvalue weighted by atomic mass is 16.5. The van der Waals surface area contributed by atoms with Crippen molar-refractivity contribution in [2.75, 3.05) is 13.1 Å². The first-order valence-electron chi connectivity index (χ1n) is 4.79. The minimum atomic E-state index is 0.582. The molecule has 0 amide bonds. The number of hydrogen-bond donors (Lipinski definition) is 2. The third kappa shape index (κ3) is 2.54. The number of rotatable bonds is 3. The zero-order chi connectivity index (χ0) is 8.93. The molecule has 1 aliphatic rings.